The highest BCUT2D eigenvalue weighted by atomic mass is 16.5. The highest BCUT2D eigenvalue weighted by Crippen LogP contribution is 2.24. The largest absolute Gasteiger partial charge is 0.376 e. The number of para-hydroxylation sites is 1. The third-order valence-corrected chi connectivity index (χ3v) is 7.11. The van der Waals surface area contributed by atoms with Crippen molar-refractivity contribution in [1.82, 2.24) is 25.2 Å². The van der Waals surface area contributed by atoms with Gasteiger partial charge in [-0.2, -0.15) is 0 Å². The summed E-state index contributed by atoms with van der Waals surface area (Å²) in [6.45, 7) is 3.57. The fourth-order valence-corrected chi connectivity index (χ4v) is 5.01. The summed E-state index contributed by atoms with van der Waals surface area (Å²) in [7, 11) is 0. The number of nitrogens with zero attached hydrogens (tertiary/aromatic N) is 4. The van der Waals surface area contributed by atoms with Gasteiger partial charge in [-0.05, 0) is 55.0 Å². The molecular weight excluding hydrogens is 478 g/mol. The topological polar surface area (TPSA) is 89.4 Å². The number of ether oxygens (including phenoxy) is 1. The minimum Gasteiger partial charge on any atom is -0.376 e. The van der Waals surface area contributed by atoms with Crippen molar-refractivity contribution in [3.8, 4) is 0 Å². The first-order valence-electron chi connectivity index (χ1n) is 13.2. The molecule has 0 bridgehead atoms. The lowest BCUT2D eigenvalue weighted by Gasteiger charge is -2.32. The minimum absolute atomic E-state index is 0.00741. The maximum atomic E-state index is 14.0. The Hall–Kier alpha value is -4.04. The molecule has 1 aromatic heterocycles. The number of benzene rings is 3. The first-order chi connectivity index (χ1) is 18.6. The van der Waals surface area contributed by atoms with E-state index in [9.17, 15) is 9.59 Å². The average molecular weight is 512 g/mol. The van der Waals surface area contributed by atoms with Gasteiger partial charge in [-0.25, -0.2) is 4.68 Å². The molecule has 2 heterocycles. The van der Waals surface area contributed by atoms with E-state index in [1.165, 1.54) is 0 Å². The van der Waals surface area contributed by atoms with Gasteiger partial charge in [0.1, 0.15) is 18.1 Å². The second kappa shape index (κ2) is 12.0. The van der Waals surface area contributed by atoms with Crippen molar-refractivity contribution < 1.29 is 14.3 Å². The first kappa shape index (κ1) is 25.6. The standard InChI is InChI=1S/C30H33N5O3/c1-22-10-5-6-11-23(22)17-18-34(28(36)21-35-27-16-8-7-15-26(27)32-33-35)29(24-12-3-2-4-13-24)30(37)31-20-25-14-9-19-38-25/h2-8,10-13,15-16,25,29H,9,14,17-21H2,1H3,(H,31,37)/t25-,29+/m1/s1. The number of carbonyl (C=O) groups excluding carboxylic acids is 2. The van der Waals surface area contributed by atoms with E-state index in [0.717, 1.165) is 47.2 Å². The number of hydrogen-bond acceptors (Lipinski definition) is 5. The van der Waals surface area contributed by atoms with Crippen molar-refractivity contribution in [3.63, 3.8) is 0 Å². The van der Waals surface area contributed by atoms with Crippen LogP contribution in [0.25, 0.3) is 11.0 Å². The molecule has 1 saturated heterocycles. The minimum atomic E-state index is -0.788. The van der Waals surface area contributed by atoms with Crippen LogP contribution in [0.2, 0.25) is 0 Å². The monoisotopic (exact) mass is 511 g/mol. The van der Waals surface area contributed by atoms with Gasteiger partial charge in [0.05, 0.1) is 11.6 Å². The Morgan fingerprint density at radius 2 is 1.82 bits per heavy atom. The lowest BCUT2D eigenvalue weighted by atomic mass is 10.0. The lowest BCUT2D eigenvalue weighted by molar-refractivity contribution is -0.141. The maximum Gasteiger partial charge on any atom is 0.247 e. The summed E-state index contributed by atoms with van der Waals surface area (Å²) in [6, 6.07) is 24.4. The highest BCUT2D eigenvalue weighted by Gasteiger charge is 2.32. The Kier molecular flexibility index (Phi) is 8.09. The van der Waals surface area contributed by atoms with Gasteiger partial charge >= 0.3 is 0 Å². The Balaban J connectivity index is 1.45. The van der Waals surface area contributed by atoms with Gasteiger partial charge in [0.15, 0.2) is 0 Å². The molecule has 2 amide bonds. The van der Waals surface area contributed by atoms with Crippen molar-refractivity contribution in [2.75, 3.05) is 19.7 Å². The Morgan fingerprint density at radius 1 is 1.05 bits per heavy atom. The first-order valence-corrected chi connectivity index (χ1v) is 13.2. The van der Waals surface area contributed by atoms with Crippen molar-refractivity contribution in [1.29, 1.82) is 0 Å². The third kappa shape index (κ3) is 5.92. The van der Waals surface area contributed by atoms with Crippen LogP contribution in [0.1, 0.15) is 35.6 Å². The second-order valence-electron chi connectivity index (χ2n) is 9.69. The third-order valence-electron chi connectivity index (χ3n) is 7.11. The fraction of sp³-hybridized carbons (Fsp3) is 0.333. The molecule has 8 heteroatoms. The molecule has 0 spiro atoms. The predicted molar refractivity (Wildman–Crippen MR) is 145 cm³/mol. The number of hydrogen-bond donors (Lipinski definition) is 1. The molecule has 5 rings (SSSR count). The molecular formula is C30H33N5O3. The zero-order chi connectivity index (χ0) is 26.3. The summed E-state index contributed by atoms with van der Waals surface area (Å²) < 4.78 is 7.31. The van der Waals surface area contributed by atoms with E-state index >= 15 is 0 Å². The molecule has 0 radical (unpaired) electrons. The number of aryl methyl sites for hydroxylation is 1. The summed E-state index contributed by atoms with van der Waals surface area (Å²) in [5.74, 6) is -0.413. The van der Waals surface area contributed by atoms with Gasteiger partial charge in [0, 0.05) is 19.7 Å². The SMILES string of the molecule is Cc1ccccc1CCN(C(=O)Cn1nnc2ccccc21)[C@H](C(=O)NC[C@H]1CCCO1)c1ccccc1. The molecule has 0 aliphatic carbocycles. The predicted octanol–water partition coefficient (Wildman–Crippen LogP) is 3.85. The van der Waals surface area contributed by atoms with Crippen molar-refractivity contribution in [2.24, 2.45) is 0 Å². The van der Waals surface area contributed by atoms with Gasteiger partial charge in [-0.1, -0.05) is 71.9 Å². The summed E-state index contributed by atoms with van der Waals surface area (Å²) in [5.41, 5.74) is 4.56. The van der Waals surface area contributed by atoms with E-state index in [-0.39, 0.29) is 24.5 Å². The van der Waals surface area contributed by atoms with Crippen molar-refractivity contribution in [2.45, 2.75) is 44.9 Å². The number of fused-ring (bicyclic) bond motifs is 1. The highest BCUT2D eigenvalue weighted by molar-refractivity contribution is 5.89. The van der Waals surface area contributed by atoms with E-state index in [2.05, 4.69) is 34.7 Å². The molecule has 38 heavy (non-hydrogen) atoms. The van der Waals surface area contributed by atoms with Gasteiger partial charge in [-0.15, -0.1) is 5.10 Å². The molecule has 0 unspecified atom stereocenters. The quantitative estimate of drug-likeness (QED) is 0.349. The van der Waals surface area contributed by atoms with Crippen LogP contribution in [0.5, 0.6) is 0 Å². The molecule has 2 atom stereocenters. The van der Waals surface area contributed by atoms with E-state index in [1.807, 2.05) is 66.7 Å². The molecule has 1 N–H and O–H groups in total. The molecule has 196 valence electrons. The van der Waals surface area contributed by atoms with Crippen LogP contribution >= 0.6 is 0 Å². The van der Waals surface area contributed by atoms with E-state index in [1.54, 1.807) is 9.58 Å². The molecule has 4 aromatic rings. The Labute approximate surface area is 222 Å². The summed E-state index contributed by atoms with van der Waals surface area (Å²) in [4.78, 5) is 29.4. The fourth-order valence-electron chi connectivity index (χ4n) is 5.01. The van der Waals surface area contributed by atoms with Gasteiger partial charge in [0.2, 0.25) is 11.8 Å². The zero-order valence-corrected chi connectivity index (χ0v) is 21.6. The summed E-state index contributed by atoms with van der Waals surface area (Å²) in [5, 5.41) is 11.5. The lowest BCUT2D eigenvalue weighted by Crippen LogP contribution is -2.47. The van der Waals surface area contributed by atoms with Crippen LogP contribution in [-0.4, -0.2) is 57.5 Å². The Morgan fingerprint density at radius 3 is 2.61 bits per heavy atom. The zero-order valence-electron chi connectivity index (χ0n) is 21.6. The van der Waals surface area contributed by atoms with Crippen LogP contribution in [0.15, 0.2) is 78.9 Å². The molecule has 1 fully saturated rings. The van der Waals surface area contributed by atoms with Crippen LogP contribution in [-0.2, 0) is 27.3 Å². The average Bonchev–Trinajstić information content (AvgIpc) is 3.61. The maximum absolute atomic E-state index is 14.0. The van der Waals surface area contributed by atoms with E-state index in [0.29, 0.717) is 19.5 Å². The van der Waals surface area contributed by atoms with Crippen molar-refractivity contribution >= 4 is 22.8 Å². The smallest absolute Gasteiger partial charge is 0.247 e. The number of amides is 2. The molecule has 0 saturated carbocycles. The molecule has 1 aliphatic heterocycles. The van der Waals surface area contributed by atoms with Crippen LogP contribution in [0.3, 0.4) is 0 Å². The van der Waals surface area contributed by atoms with Gasteiger partial charge in [-0.3, -0.25) is 9.59 Å². The van der Waals surface area contributed by atoms with Gasteiger partial charge < -0.3 is 15.0 Å². The Bertz CT molecular complexity index is 1380. The molecule has 1 aliphatic rings. The number of carbonyl (C=O) groups is 2. The van der Waals surface area contributed by atoms with E-state index in [4.69, 9.17) is 4.74 Å². The molecule has 8 nitrogen and oxygen atoms in total. The summed E-state index contributed by atoms with van der Waals surface area (Å²) >= 11 is 0. The number of aromatic nitrogens is 3. The molecule has 3 aromatic carbocycles. The van der Waals surface area contributed by atoms with Crippen LogP contribution in [0.4, 0.5) is 0 Å². The summed E-state index contributed by atoms with van der Waals surface area (Å²) in [6.07, 6.45) is 2.55. The van der Waals surface area contributed by atoms with Gasteiger partial charge in [0.25, 0.3) is 0 Å². The second-order valence-corrected chi connectivity index (χ2v) is 9.69. The number of rotatable bonds is 10. The van der Waals surface area contributed by atoms with Crippen LogP contribution in [0, 0.1) is 6.92 Å². The van der Waals surface area contributed by atoms with Crippen LogP contribution < -0.4 is 5.32 Å². The normalized spacial score (nSPS) is 15.9. The van der Waals surface area contributed by atoms with Crippen molar-refractivity contribution in [3.05, 3.63) is 95.6 Å². The number of nitrogens with one attached hydrogen (secondary N) is 1. The van der Waals surface area contributed by atoms with E-state index < -0.39 is 6.04 Å².